The Morgan fingerprint density at radius 1 is 1.17 bits per heavy atom. The van der Waals surface area contributed by atoms with E-state index in [2.05, 4.69) is 0 Å². The van der Waals surface area contributed by atoms with E-state index in [-0.39, 0.29) is 27.3 Å². The van der Waals surface area contributed by atoms with Crippen LogP contribution >= 0.6 is 0 Å². The molecule has 0 saturated heterocycles. The predicted octanol–water partition coefficient (Wildman–Crippen LogP) is -1.72. The second kappa shape index (κ2) is 2.88. The third-order valence-corrected chi connectivity index (χ3v) is 0. The van der Waals surface area contributed by atoms with Crippen LogP contribution in [0.5, 0.6) is 0 Å². The van der Waals surface area contributed by atoms with Crippen molar-refractivity contribution in [2.45, 2.75) is 0 Å². The Labute approximate surface area is 55.3 Å². The Morgan fingerprint density at radius 2 is 1.17 bits per heavy atom. The van der Waals surface area contributed by atoms with E-state index in [1.807, 2.05) is 0 Å². The molecular formula is O4PbS-2. The van der Waals surface area contributed by atoms with Gasteiger partial charge in [-0.1, -0.05) is 0 Å². The molecule has 0 aromatic heterocycles. The van der Waals surface area contributed by atoms with E-state index in [1.165, 1.54) is 0 Å². The molecule has 6 heavy (non-hydrogen) atoms. The van der Waals surface area contributed by atoms with E-state index in [4.69, 9.17) is 17.5 Å². The Hall–Kier alpha value is 0.792. The molecule has 4 nitrogen and oxygen atoms in total. The van der Waals surface area contributed by atoms with Crippen molar-refractivity contribution >= 4 is 37.7 Å². The molecule has 0 aromatic rings. The largest absolute Gasteiger partial charge is 0.759 e. The summed E-state index contributed by atoms with van der Waals surface area (Å²) < 4.78 is 34.1. The monoisotopic (exact) mass is 304 g/mol. The van der Waals surface area contributed by atoms with Crippen molar-refractivity contribution in [1.82, 2.24) is 0 Å². The third kappa shape index (κ3) is 110. The van der Waals surface area contributed by atoms with Gasteiger partial charge in [-0.3, -0.25) is 8.42 Å². The van der Waals surface area contributed by atoms with Crippen molar-refractivity contribution in [1.29, 1.82) is 0 Å². The van der Waals surface area contributed by atoms with Crippen LogP contribution in [0.15, 0.2) is 0 Å². The normalized spacial score (nSPS) is 9.67. The van der Waals surface area contributed by atoms with Gasteiger partial charge in [0.05, 0.1) is 0 Å². The van der Waals surface area contributed by atoms with Gasteiger partial charge in [-0.15, -0.1) is 0 Å². The molecule has 0 aliphatic heterocycles. The molecule has 0 saturated carbocycles. The van der Waals surface area contributed by atoms with Crippen LogP contribution in [0, 0.1) is 0 Å². The minimum Gasteiger partial charge on any atom is -0.759 e. The summed E-state index contributed by atoms with van der Waals surface area (Å²) in [5.41, 5.74) is 0. The number of hydrogen-bond donors (Lipinski definition) is 0. The van der Waals surface area contributed by atoms with Crippen LogP contribution in [0.4, 0.5) is 0 Å². The standard InChI is InChI=1S/H2O4S.Pb/c1-5(2,3)4;/h(H2,1,2,3,4);/p-2. The average Bonchev–Trinajstić information content (AvgIpc) is 0.722. The van der Waals surface area contributed by atoms with Crippen LogP contribution in [0.2, 0.25) is 0 Å². The Morgan fingerprint density at radius 3 is 1.17 bits per heavy atom. The van der Waals surface area contributed by atoms with Crippen LogP contribution < -0.4 is 0 Å². The molecule has 0 bridgehead atoms. The first-order chi connectivity index (χ1) is 2.00. The van der Waals surface area contributed by atoms with E-state index in [1.54, 1.807) is 0 Å². The molecule has 6 heteroatoms. The fourth-order valence-electron chi connectivity index (χ4n) is 0. The molecule has 0 amide bonds. The van der Waals surface area contributed by atoms with Crippen molar-refractivity contribution in [2.75, 3.05) is 0 Å². The van der Waals surface area contributed by atoms with Gasteiger partial charge >= 0.3 is 0 Å². The summed E-state index contributed by atoms with van der Waals surface area (Å²) in [4.78, 5) is 0. The van der Waals surface area contributed by atoms with Gasteiger partial charge in [0.1, 0.15) is 0 Å². The summed E-state index contributed by atoms with van der Waals surface area (Å²) in [6, 6.07) is 0. The van der Waals surface area contributed by atoms with Gasteiger partial charge < -0.3 is 9.11 Å². The molecule has 0 unspecified atom stereocenters. The van der Waals surface area contributed by atoms with Crippen molar-refractivity contribution in [3.05, 3.63) is 0 Å². The quantitative estimate of drug-likeness (QED) is 0.303. The molecule has 0 aliphatic carbocycles. The Kier molecular flexibility index (Phi) is 4.77. The fraction of sp³-hybridized carbons (Fsp3) is 0. The molecule has 4 radical (unpaired) electrons. The third-order valence-electron chi connectivity index (χ3n) is 0. The van der Waals surface area contributed by atoms with Gasteiger partial charge in [0.25, 0.3) is 0 Å². The zero-order valence-corrected chi connectivity index (χ0v) is 7.25. The van der Waals surface area contributed by atoms with Gasteiger partial charge in [-0.25, -0.2) is 0 Å². The van der Waals surface area contributed by atoms with E-state index < -0.39 is 10.4 Å². The van der Waals surface area contributed by atoms with Crippen molar-refractivity contribution in [2.24, 2.45) is 0 Å². The molecule has 0 heterocycles. The predicted molar refractivity (Wildman–Crippen MR) is 16.2 cm³/mol. The zero-order chi connectivity index (χ0) is 4.50. The molecule has 0 aliphatic rings. The maximum absolute atomic E-state index is 8.52. The molecule has 0 rings (SSSR count). The summed E-state index contributed by atoms with van der Waals surface area (Å²) in [6.45, 7) is 0. The summed E-state index contributed by atoms with van der Waals surface area (Å²) in [7, 11) is -5.17. The van der Waals surface area contributed by atoms with E-state index >= 15 is 0 Å². The van der Waals surface area contributed by atoms with Crippen LogP contribution in [0.3, 0.4) is 0 Å². The summed E-state index contributed by atoms with van der Waals surface area (Å²) in [5.74, 6) is 0. The minimum atomic E-state index is -5.17. The minimum absolute atomic E-state index is 0. The van der Waals surface area contributed by atoms with Gasteiger partial charge in [0.15, 0.2) is 0 Å². The molecule has 0 aromatic carbocycles. The maximum atomic E-state index is 8.52. The van der Waals surface area contributed by atoms with Crippen molar-refractivity contribution in [3.8, 4) is 0 Å². The Balaban J connectivity index is 0. The van der Waals surface area contributed by atoms with Gasteiger partial charge in [-0.05, 0) is 0 Å². The van der Waals surface area contributed by atoms with Crippen LogP contribution in [0.1, 0.15) is 0 Å². The number of rotatable bonds is 0. The van der Waals surface area contributed by atoms with E-state index in [9.17, 15) is 0 Å². The fourth-order valence-corrected chi connectivity index (χ4v) is 0. The second-order valence-corrected chi connectivity index (χ2v) is 1.22. The van der Waals surface area contributed by atoms with E-state index in [0.717, 1.165) is 0 Å². The summed E-state index contributed by atoms with van der Waals surface area (Å²) in [5, 5.41) is 0. The molecule has 0 N–H and O–H groups in total. The molecule has 0 atom stereocenters. The van der Waals surface area contributed by atoms with Crippen molar-refractivity contribution in [3.63, 3.8) is 0 Å². The topological polar surface area (TPSA) is 80.3 Å². The van der Waals surface area contributed by atoms with E-state index in [0.29, 0.717) is 0 Å². The van der Waals surface area contributed by atoms with Gasteiger partial charge in [0.2, 0.25) is 0 Å². The van der Waals surface area contributed by atoms with Crippen molar-refractivity contribution < 1.29 is 17.5 Å². The molecule has 0 fully saturated rings. The smallest absolute Gasteiger partial charge is 0.0311 e. The Bertz CT molecular complexity index is 90.7. The SMILES string of the molecule is O=S(=O)([O-])[O-].[Pb]. The summed E-state index contributed by atoms with van der Waals surface area (Å²) >= 11 is 0. The first-order valence-electron chi connectivity index (χ1n) is 0.667. The maximum Gasteiger partial charge on any atom is 0.0311 e. The van der Waals surface area contributed by atoms with Gasteiger partial charge in [-0.2, -0.15) is 0 Å². The molecular weight excluding hydrogens is 303 g/mol. The van der Waals surface area contributed by atoms with Crippen LogP contribution in [0.25, 0.3) is 0 Å². The van der Waals surface area contributed by atoms with Gasteiger partial charge in [0, 0.05) is 37.7 Å². The second-order valence-electron chi connectivity index (χ2n) is 0.408. The zero-order valence-electron chi connectivity index (χ0n) is 2.54. The first-order valence-corrected chi connectivity index (χ1v) is 2.00. The van der Waals surface area contributed by atoms with Crippen LogP contribution in [-0.4, -0.2) is 44.8 Å². The first kappa shape index (κ1) is 9.92. The number of hydrogen-bond acceptors (Lipinski definition) is 4. The summed E-state index contributed by atoms with van der Waals surface area (Å²) in [6.07, 6.45) is 0. The van der Waals surface area contributed by atoms with Crippen LogP contribution in [-0.2, 0) is 10.4 Å². The molecule has 36 valence electrons. The molecule has 0 spiro atoms. The average molecular weight is 303 g/mol.